The highest BCUT2D eigenvalue weighted by molar-refractivity contribution is 7.22. The molecule has 8 aromatic carbocycles. The van der Waals surface area contributed by atoms with Gasteiger partial charge < -0.3 is 9.32 Å². The van der Waals surface area contributed by atoms with Gasteiger partial charge in [-0.2, -0.15) is 0 Å². The van der Waals surface area contributed by atoms with Crippen LogP contribution in [0.2, 0.25) is 0 Å². The minimum Gasteiger partial charge on any atom is -0.456 e. The van der Waals surface area contributed by atoms with E-state index >= 15 is 0 Å². The molecule has 0 amide bonds. The largest absolute Gasteiger partial charge is 0.456 e. The smallest absolute Gasteiger partial charge is 0.135 e. The van der Waals surface area contributed by atoms with Crippen LogP contribution in [0.5, 0.6) is 0 Å². The van der Waals surface area contributed by atoms with E-state index in [2.05, 4.69) is 196 Å². The Morgan fingerprint density at radius 2 is 1.07 bits per heavy atom. The van der Waals surface area contributed by atoms with Crippen LogP contribution in [-0.2, 0) is 10.8 Å². The van der Waals surface area contributed by atoms with E-state index in [9.17, 15) is 0 Å². The molecule has 0 saturated carbocycles. The Kier molecular flexibility index (Phi) is 7.23. The van der Waals surface area contributed by atoms with Gasteiger partial charge in [0.15, 0.2) is 0 Å². The molecule has 3 heteroatoms. The standard InChI is InChI=1S/C56H41NOS/c1-55(2)47-17-8-5-14-41(47)45-33-40(26-28-48(45)55)57(39-13-11-12-35(30-39)36-23-29-51-46(31-36)42-15-6-9-18-50(42)58-51)38-24-20-34(21-25-38)37-22-27-43-49(32-37)56(3,4)53-44-16-7-10-19-52(44)59-54(43)53/h5-33H,1-4H3. The number of fused-ring (bicyclic) bond motifs is 11. The van der Waals surface area contributed by atoms with Gasteiger partial charge >= 0.3 is 0 Å². The minimum atomic E-state index is -0.0714. The maximum atomic E-state index is 6.19. The first-order chi connectivity index (χ1) is 28.7. The zero-order chi connectivity index (χ0) is 39.6. The van der Waals surface area contributed by atoms with Crippen LogP contribution in [0.15, 0.2) is 180 Å². The van der Waals surface area contributed by atoms with Crippen LogP contribution in [0, 0.1) is 0 Å². The van der Waals surface area contributed by atoms with E-state index in [1.807, 2.05) is 23.5 Å². The highest BCUT2D eigenvalue weighted by atomic mass is 32.1. The molecule has 2 heterocycles. The number of benzene rings is 8. The summed E-state index contributed by atoms with van der Waals surface area (Å²) >= 11 is 1.93. The Bertz CT molecular complexity index is 3340. The number of rotatable bonds is 5. The molecule has 0 N–H and O–H groups in total. The van der Waals surface area contributed by atoms with Crippen molar-refractivity contribution in [1.29, 1.82) is 0 Å². The summed E-state index contributed by atoms with van der Waals surface area (Å²) in [4.78, 5) is 3.84. The molecule has 0 spiro atoms. The molecule has 0 saturated heterocycles. The van der Waals surface area contributed by atoms with Gasteiger partial charge in [0, 0.05) is 48.2 Å². The summed E-state index contributed by atoms with van der Waals surface area (Å²) in [5, 5.41) is 3.66. The molecule has 2 aromatic heterocycles. The van der Waals surface area contributed by atoms with Crippen molar-refractivity contribution in [3.8, 4) is 43.8 Å². The maximum absolute atomic E-state index is 6.19. The van der Waals surface area contributed by atoms with Crippen molar-refractivity contribution in [2.75, 3.05) is 4.90 Å². The number of nitrogens with zero attached hydrogens (tertiary/aromatic N) is 1. The summed E-state index contributed by atoms with van der Waals surface area (Å²) in [6.45, 7) is 9.47. The second kappa shape index (κ2) is 12.4. The average Bonchev–Trinajstić information content (AvgIpc) is 3.97. The predicted molar refractivity (Wildman–Crippen MR) is 250 cm³/mol. The Balaban J connectivity index is 0.968. The summed E-state index contributed by atoms with van der Waals surface area (Å²) in [6, 6.07) is 64.9. The summed E-state index contributed by atoms with van der Waals surface area (Å²) in [5.41, 5.74) is 19.5. The Morgan fingerprint density at radius 3 is 1.95 bits per heavy atom. The van der Waals surface area contributed by atoms with E-state index in [-0.39, 0.29) is 10.8 Å². The highest BCUT2D eigenvalue weighted by Gasteiger charge is 2.39. The fourth-order valence-electron chi connectivity index (χ4n) is 10.3. The van der Waals surface area contributed by atoms with Gasteiger partial charge in [0.1, 0.15) is 11.2 Å². The maximum Gasteiger partial charge on any atom is 0.135 e. The number of thiophene rings is 1. The second-order valence-corrected chi connectivity index (χ2v) is 18.4. The van der Waals surface area contributed by atoms with Crippen LogP contribution < -0.4 is 4.90 Å². The van der Waals surface area contributed by atoms with Crippen LogP contribution in [0.3, 0.4) is 0 Å². The first kappa shape index (κ1) is 34.4. The van der Waals surface area contributed by atoms with E-state index in [1.54, 1.807) is 0 Å². The molecule has 2 nitrogen and oxygen atoms in total. The molecule has 12 rings (SSSR count). The lowest BCUT2D eigenvalue weighted by Gasteiger charge is -2.28. The van der Waals surface area contributed by atoms with E-state index in [1.165, 1.54) is 65.0 Å². The minimum absolute atomic E-state index is 0.0606. The fraction of sp³-hybridized carbons (Fsp3) is 0.107. The van der Waals surface area contributed by atoms with Crippen molar-refractivity contribution in [2.45, 2.75) is 38.5 Å². The molecule has 59 heavy (non-hydrogen) atoms. The fourth-order valence-corrected chi connectivity index (χ4v) is 11.7. The van der Waals surface area contributed by atoms with Crippen molar-refractivity contribution in [3.05, 3.63) is 198 Å². The van der Waals surface area contributed by atoms with Crippen LogP contribution in [-0.4, -0.2) is 0 Å². The number of furan rings is 1. The van der Waals surface area contributed by atoms with Crippen molar-refractivity contribution in [1.82, 2.24) is 0 Å². The second-order valence-electron chi connectivity index (χ2n) is 17.3. The van der Waals surface area contributed by atoms with E-state index in [0.29, 0.717) is 0 Å². The third-order valence-electron chi connectivity index (χ3n) is 13.3. The van der Waals surface area contributed by atoms with Gasteiger partial charge in [-0.15, -0.1) is 11.3 Å². The van der Waals surface area contributed by atoms with Gasteiger partial charge in [0.25, 0.3) is 0 Å². The summed E-state index contributed by atoms with van der Waals surface area (Å²) < 4.78 is 7.56. The lowest BCUT2D eigenvalue weighted by atomic mass is 9.80. The Morgan fingerprint density at radius 1 is 0.407 bits per heavy atom. The third kappa shape index (κ3) is 5.04. The molecular weight excluding hydrogens is 735 g/mol. The molecule has 0 fully saturated rings. The Labute approximate surface area is 348 Å². The van der Waals surface area contributed by atoms with Crippen LogP contribution in [0.25, 0.3) is 75.8 Å². The van der Waals surface area contributed by atoms with Crippen molar-refractivity contribution < 1.29 is 4.42 Å². The molecule has 10 aromatic rings. The van der Waals surface area contributed by atoms with Gasteiger partial charge in [-0.25, -0.2) is 0 Å². The van der Waals surface area contributed by atoms with Crippen LogP contribution >= 0.6 is 11.3 Å². The molecular formula is C56H41NOS. The predicted octanol–water partition coefficient (Wildman–Crippen LogP) is 16.2. The summed E-state index contributed by atoms with van der Waals surface area (Å²) in [6.07, 6.45) is 0. The molecule has 0 bridgehead atoms. The number of anilines is 3. The summed E-state index contributed by atoms with van der Waals surface area (Å²) in [7, 11) is 0. The van der Waals surface area contributed by atoms with Gasteiger partial charge in [-0.1, -0.05) is 137 Å². The molecule has 0 unspecified atom stereocenters. The molecule has 2 aliphatic rings. The SMILES string of the molecule is CC1(C)c2ccccc2-c2cc(N(c3ccc(-c4ccc5c(c4)C(C)(C)c4c-5sc5ccccc45)cc3)c3cccc(-c4ccc5oc6ccccc6c5c4)c3)ccc21. The van der Waals surface area contributed by atoms with Gasteiger partial charge in [0.2, 0.25) is 0 Å². The lowest BCUT2D eigenvalue weighted by Crippen LogP contribution is -2.15. The van der Waals surface area contributed by atoms with E-state index in [4.69, 9.17) is 4.42 Å². The highest BCUT2D eigenvalue weighted by Crippen LogP contribution is 2.56. The monoisotopic (exact) mass is 775 g/mol. The van der Waals surface area contributed by atoms with Gasteiger partial charge in [-0.3, -0.25) is 0 Å². The topological polar surface area (TPSA) is 16.4 Å². The lowest BCUT2D eigenvalue weighted by molar-refractivity contribution is 0.660. The average molecular weight is 776 g/mol. The molecule has 282 valence electrons. The zero-order valence-corrected chi connectivity index (χ0v) is 34.3. The molecule has 0 radical (unpaired) electrons. The van der Waals surface area contributed by atoms with Crippen molar-refractivity contribution >= 4 is 60.4 Å². The van der Waals surface area contributed by atoms with Crippen molar-refractivity contribution in [2.24, 2.45) is 0 Å². The molecule has 0 aliphatic heterocycles. The van der Waals surface area contributed by atoms with E-state index in [0.717, 1.165) is 50.1 Å². The van der Waals surface area contributed by atoms with Gasteiger partial charge in [0.05, 0.1) is 0 Å². The quantitative estimate of drug-likeness (QED) is 0.173. The normalized spacial score (nSPS) is 14.4. The number of hydrogen-bond donors (Lipinski definition) is 0. The van der Waals surface area contributed by atoms with Crippen molar-refractivity contribution in [3.63, 3.8) is 0 Å². The molecule has 0 atom stereocenters. The number of hydrogen-bond acceptors (Lipinski definition) is 3. The summed E-state index contributed by atoms with van der Waals surface area (Å²) in [5.74, 6) is 0. The third-order valence-corrected chi connectivity index (χ3v) is 14.5. The molecule has 2 aliphatic carbocycles. The first-order valence-corrected chi connectivity index (χ1v) is 21.4. The first-order valence-electron chi connectivity index (χ1n) is 20.6. The van der Waals surface area contributed by atoms with Crippen LogP contribution in [0.1, 0.15) is 49.9 Å². The Hall–Kier alpha value is -6.68. The van der Waals surface area contributed by atoms with Gasteiger partial charge in [-0.05, 0) is 133 Å². The number of para-hydroxylation sites is 1. The zero-order valence-electron chi connectivity index (χ0n) is 33.5. The van der Waals surface area contributed by atoms with E-state index < -0.39 is 0 Å². The van der Waals surface area contributed by atoms with Crippen LogP contribution in [0.4, 0.5) is 17.1 Å².